The summed E-state index contributed by atoms with van der Waals surface area (Å²) in [5.74, 6) is 1.64. The van der Waals surface area contributed by atoms with Gasteiger partial charge in [0.25, 0.3) is 0 Å². The van der Waals surface area contributed by atoms with Gasteiger partial charge in [-0.2, -0.15) is 5.10 Å². The smallest absolute Gasteiger partial charge is 0.132 e. The second kappa shape index (κ2) is 8.23. The molecule has 5 rings (SSSR count). The molecule has 0 atom stereocenters. The molecule has 0 radical (unpaired) electrons. The maximum absolute atomic E-state index is 5.32. The third-order valence-electron chi connectivity index (χ3n) is 5.67. The molecule has 0 aliphatic heterocycles. The van der Waals surface area contributed by atoms with Crippen LogP contribution in [0.5, 0.6) is 5.75 Å². The minimum Gasteiger partial charge on any atom is -0.497 e. The third-order valence-corrected chi connectivity index (χ3v) is 5.67. The summed E-state index contributed by atoms with van der Waals surface area (Å²) < 4.78 is 9.48. The van der Waals surface area contributed by atoms with Gasteiger partial charge in [-0.1, -0.05) is 30.3 Å². The lowest BCUT2D eigenvalue weighted by Gasteiger charge is -2.13. The number of hydrogen-bond acceptors (Lipinski definition) is 4. The van der Waals surface area contributed by atoms with E-state index in [9.17, 15) is 0 Å². The van der Waals surface area contributed by atoms with Crippen LogP contribution in [0.4, 0.5) is 11.5 Å². The van der Waals surface area contributed by atoms with E-state index in [1.807, 2.05) is 54.6 Å². The maximum Gasteiger partial charge on any atom is 0.132 e. The molecule has 0 aliphatic carbocycles. The van der Waals surface area contributed by atoms with Gasteiger partial charge in [0.2, 0.25) is 0 Å². The number of nitrogens with zero attached hydrogens (tertiary/aromatic N) is 4. The van der Waals surface area contributed by atoms with Crippen molar-refractivity contribution < 1.29 is 4.74 Å². The van der Waals surface area contributed by atoms with Crippen molar-refractivity contribution in [1.29, 1.82) is 0 Å². The van der Waals surface area contributed by atoms with Gasteiger partial charge in [0.05, 0.1) is 24.5 Å². The number of rotatable bonds is 6. The van der Waals surface area contributed by atoms with Crippen LogP contribution in [0.1, 0.15) is 11.1 Å². The van der Waals surface area contributed by atoms with Gasteiger partial charge in [0, 0.05) is 48.7 Å². The van der Waals surface area contributed by atoms with E-state index < -0.39 is 0 Å². The molecule has 6 nitrogen and oxygen atoms in total. The van der Waals surface area contributed by atoms with E-state index in [-0.39, 0.29) is 0 Å². The van der Waals surface area contributed by atoms with Gasteiger partial charge >= 0.3 is 0 Å². The number of fused-ring (bicyclic) bond motifs is 1. The second-order valence-electron chi connectivity index (χ2n) is 7.94. The molecule has 3 heterocycles. The highest BCUT2D eigenvalue weighted by atomic mass is 16.5. The van der Waals surface area contributed by atoms with Crippen LogP contribution in [0, 0.1) is 6.92 Å². The molecular formula is C26H25N5O. The quantitative estimate of drug-likeness (QED) is 0.389. The topological polar surface area (TPSA) is 56.9 Å². The first kappa shape index (κ1) is 19.9. The molecule has 0 fully saturated rings. The minimum atomic E-state index is 0.763. The van der Waals surface area contributed by atoms with Crippen LogP contribution in [0.15, 0.2) is 79.3 Å². The largest absolute Gasteiger partial charge is 0.497 e. The van der Waals surface area contributed by atoms with Gasteiger partial charge < -0.3 is 14.6 Å². The number of hydrogen-bond donors (Lipinski definition) is 1. The third kappa shape index (κ3) is 3.83. The van der Waals surface area contributed by atoms with Gasteiger partial charge in [0.1, 0.15) is 11.6 Å². The van der Waals surface area contributed by atoms with Gasteiger partial charge in [-0.05, 0) is 42.3 Å². The Bertz CT molecular complexity index is 1380. The number of benzene rings is 2. The van der Waals surface area contributed by atoms with Crippen molar-refractivity contribution in [3.8, 4) is 17.0 Å². The lowest BCUT2D eigenvalue weighted by Crippen LogP contribution is -2.02. The van der Waals surface area contributed by atoms with Crippen molar-refractivity contribution in [2.75, 3.05) is 12.4 Å². The molecule has 160 valence electrons. The summed E-state index contributed by atoms with van der Waals surface area (Å²) in [4.78, 5) is 4.67. The molecule has 0 aliphatic rings. The van der Waals surface area contributed by atoms with Crippen molar-refractivity contribution >= 4 is 22.4 Å². The summed E-state index contributed by atoms with van der Waals surface area (Å²) in [5.41, 5.74) is 6.67. The van der Waals surface area contributed by atoms with Crippen LogP contribution < -0.4 is 10.1 Å². The van der Waals surface area contributed by atoms with Crippen LogP contribution >= 0.6 is 0 Å². The molecule has 0 saturated carbocycles. The highest BCUT2D eigenvalue weighted by Gasteiger charge is 2.14. The number of ether oxygens (including phenoxy) is 1. The van der Waals surface area contributed by atoms with Crippen LogP contribution in [0.2, 0.25) is 0 Å². The van der Waals surface area contributed by atoms with Gasteiger partial charge in [-0.3, -0.25) is 4.68 Å². The number of anilines is 2. The van der Waals surface area contributed by atoms with Crippen LogP contribution in [-0.2, 0) is 13.6 Å². The zero-order chi connectivity index (χ0) is 22.1. The van der Waals surface area contributed by atoms with E-state index in [4.69, 9.17) is 4.74 Å². The molecule has 1 N–H and O–H groups in total. The van der Waals surface area contributed by atoms with Gasteiger partial charge in [0.15, 0.2) is 0 Å². The molecule has 0 spiro atoms. The number of pyridine rings is 1. The number of nitrogens with one attached hydrogen (secondary N) is 1. The van der Waals surface area contributed by atoms with Crippen molar-refractivity contribution in [2.45, 2.75) is 13.5 Å². The lowest BCUT2D eigenvalue weighted by atomic mass is 10.2. The number of methoxy groups -OCH3 is 1. The Morgan fingerprint density at radius 3 is 2.56 bits per heavy atom. The second-order valence-corrected chi connectivity index (χ2v) is 7.94. The Morgan fingerprint density at radius 2 is 1.84 bits per heavy atom. The van der Waals surface area contributed by atoms with Crippen LogP contribution in [0.25, 0.3) is 22.2 Å². The van der Waals surface area contributed by atoms with E-state index in [2.05, 4.69) is 63.3 Å². The van der Waals surface area contributed by atoms with Crippen molar-refractivity contribution in [3.05, 3.63) is 90.4 Å². The first-order valence-electron chi connectivity index (χ1n) is 10.5. The Morgan fingerprint density at radius 1 is 1.00 bits per heavy atom. The normalized spacial score (nSPS) is 11.1. The molecule has 2 aromatic carbocycles. The Hall–Kier alpha value is -4.06. The SMILES string of the molecule is COc1ccc(Nc2cc3c(cn2)cc(-c2cnn(C)c2)n3Cc2ccccc2)c(C)c1. The van der Waals surface area contributed by atoms with E-state index in [1.54, 1.807) is 7.11 Å². The summed E-state index contributed by atoms with van der Waals surface area (Å²) in [6.45, 7) is 2.82. The Labute approximate surface area is 187 Å². The molecule has 3 aromatic heterocycles. The van der Waals surface area contributed by atoms with Crippen molar-refractivity contribution in [1.82, 2.24) is 19.3 Å². The van der Waals surface area contributed by atoms with E-state index >= 15 is 0 Å². The average molecular weight is 424 g/mol. The first-order valence-corrected chi connectivity index (χ1v) is 10.5. The summed E-state index contributed by atoms with van der Waals surface area (Å²) in [7, 11) is 3.62. The minimum absolute atomic E-state index is 0.763. The monoisotopic (exact) mass is 423 g/mol. The summed E-state index contributed by atoms with van der Waals surface area (Å²) in [6.07, 6.45) is 5.88. The maximum atomic E-state index is 5.32. The van der Waals surface area contributed by atoms with E-state index in [0.717, 1.165) is 51.5 Å². The molecule has 0 saturated heterocycles. The molecule has 5 aromatic rings. The van der Waals surface area contributed by atoms with Gasteiger partial charge in [-0.15, -0.1) is 0 Å². The van der Waals surface area contributed by atoms with E-state index in [1.165, 1.54) is 5.56 Å². The predicted molar refractivity (Wildman–Crippen MR) is 128 cm³/mol. The standard InChI is InChI=1S/C26H25N5O/c1-18-11-22(32-3)9-10-23(18)29-26-13-25-20(14-27-26)12-24(21-15-28-30(2)17-21)31(25)16-19-7-5-4-6-8-19/h4-15,17H,16H2,1-3H3,(H,27,29). The Balaban J connectivity index is 1.59. The molecule has 0 unspecified atom stereocenters. The van der Waals surface area contributed by atoms with Crippen molar-refractivity contribution in [3.63, 3.8) is 0 Å². The number of aryl methyl sites for hydroxylation is 2. The first-order chi connectivity index (χ1) is 15.6. The van der Waals surface area contributed by atoms with Crippen LogP contribution in [-0.4, -0.2) is 26.4 Å². The lowest BCUT2D eigenvalue weighted by molar-refractivity contribution is 0.414. The zero-order valence-electron chi connectivity index (χ0n) is 18.4. The van der Waals surface area contributed by atoms with Gasteiger partial charge in [-0.25, -0.2) is 4.98 Å². The molecule has 6 heteroatoms. The molecule has 0 amide bonds. The average Bonchev–Trinajstić information content (AvgIpc) is 3.39. The van der Waals surface area contributed by atoms with Crippen LogP contribution in [0.3, 0.4) is 0 Å². The highest BCUT2D eigenvalue weighted by molar-refractivity contribution is 5.88. The summed E-state index contributed by atoms with van der Waals surface area (Å²) >= 11 is 0. The predicted octanol–water partition coefficient (Wildman–Crippen LogP) is 5.55. The number of aromatic nitrogens is 4. The summed E-state index contributed by atoms with van der Waals surface area (Å²) in [5, 5.41) is 8.93. The Kier molecular flexibility index (Phi) is 5.11. The van der Waals surface area contributed by atoms with E-state index in [0.29, 0.717) is 0 Å². The summed E-state index contributed by atoms with van der Waals surface area (Å²) in [6, 6.07) is 20.8. The fourth-order valence-electron chi connectivity index (χ4n) is 3.99. The fourth-order valence-corrected chi connectivity index (χ4v) is 3.99. The molecular weight excluding hydrogens is 398 g/mol. The zero-order valence-corrected chi connectivity index (χ0v) is 18.4. The van der Waals surface area contributed by atoms with Crippen molar-refractivity contribution in [2.24, 2.45) is 7.05 Å². The fraction of sp³-hybridized carbons (Fsp3) is 0.154. The highest BCUT2D eigenvalue weighted by Crippen LogP contribution is 2.31. The molecule has 32 heavy (non-hydrogen) atoms. The molecule has 0 bridgehead atoms.